The summed E-state index contributed by atoms with van der Waals surface area (Å²) in [5, 5.41) is 8.46. The Labute approximate surface area is 216 Å². The molecular formula is C31H30N4O2. The van der Waals surface area contributed by atoms with Gasteiger partial charge in [-0.05, 0) is 73.9 Å². The topological polar surface area (TPSA) is 69.0 Å². The molecule has 0 aliphatic heterocycles. The average Bonchev–Trinajstić information content (AvgIpc) is 3.30. The molecule has 0 aliphatic rings. The maximum atomic E-state index is 13.4. The van der Waals surface area contributed by atoms with Crippen LogP contribution in [0.2, 0.25) is 0 Å². The van der Waals surface area contributed by atoms with Gasteiger partial charge < -0.3 is 10.1 Å². The number of nitrogens with one attached hydrogen (secondary N) is 1. The zero-order valence-corrected chi connectivity index (χ0v) is 21.5. The molecule has 0 saturated carbocycles. The Hall–Kier alpha value is -4.45. The Morgan fingerprint density at radius 3 is 2.43 bits per heavy atom. The first-order valence-corrected chi connectivity index (χ1v) is 12.5. The molecule has 0 spiro atoms. The molecule has 6 heteroatoms. The van der Waals surface area contributed by atoms with Crippen LogP contribution in [0, 0.1) is 6.92 Å². The third-order valence-corrected chi connectivity index (χ3v) is 6.47. The van der Waals surface area contributed by atoms with Gasteiger partial charge in [0.15, 0.2) is 0 Å². The molecule has 2 aromatic heterocycles. The molecular weight excluding hydrogens is 460 g/mol. The number of hydrogen-bond donors (Lipinski definition) is 1. The number of carbonyl (C=O) groups is 1. The number of anilines is 1. The van der Waals surface area contributed by atoms with Gasteiger partial charge in [-0.3, -0.25) is 4.79 Å². The standard InChI is InChI=1S/C31H30N4O2/c1-5-37-25-16-12-23(13-17-25)33-31(36)27-18-30(34-29-9-7-6-8-26(27)29)28-19-32-35(21(28)4)24-14-10-22(11-15-24)20(2)3/h6-20H,5H2,1-4H3,(H,33,36). The molecule has 3 aromatic carbocycles. The molecule has 5 aromatic rings. The molecule has 186 valence electrons. The molecule has 0 unspecified atom stereocenters. The number of aromatic nitrogens is 3. The lowest BCUT2D eigenvalue weighted by Gasteiger charge is -2.12. The smallest absolute Gasteiger partial charge is 0.256 e. The van der Waals surface area contributed by atoms with Gasteiger partial charge in [0, 0.05) is 16.6 Å². The zero-order chi connectivity index (χ0) is 25.9. The van der Waals surface area contributed by atoms with Gasteiger partial charge >= 0.3 is 0 Å². The van der Waals surface area contributed by atoms with Crippen molar-refractivity contribution in [1.29, 1.82) is 0 Å². The van der Waals surface area contributed by atoms with E-state index in [0.29, 0.717) is 29.5 Å². The highest BCUT2D eigenvalue weighted by molar-refractivity contribution is 6.13. The van der Waals surface area contributed by atoms with E-state index in [1.807, 2.05) is 79.3 Å². The summed E-state index contributed by atoms with van der Waals surface area (Å²) in [4.78, 5) is 18.3. The van der Waals surface area contributed by atoms with Crippen LogP contribution in [0.25, 0.3) is 27.8 Å². The lowest BCUT2D eigenvalue weighted by molar-refractivity contribution is 0.102. The predicted octanol–water partition coefficient (Wildman–Crippen LogP) is 7.17. The van der Waals surface area contributed by atoms with Crippen molar-refractivity contribution in [2.75, 3.05) is 11.9 Å². The summed E-state index contributed by atoms with van der Waals surface area (Å²) < 4.78 is 7.42. The first-order valence-electron chi connectivity index (χ1n) is 12.5. The Morgan fingerprint density at radius 2 is 1.73 bits per heavy atom. The Kier molecular flexibility index (Phi) is 6.73. The molecule has 1 N–H and O–H groups in total. The molecule has 0 saturated heterocycles. The van der Waals surface area contributed by atoms with E-state index in [1.165, 1.54) is 5.56 Å². The summed E-state index contributed by atoms with van der Waals surface area (Å²) >= 11 is 0. The third-order valence-electron chi connectivity index (χ3n) is 6.47. The Bertz CT molecular complexity index is 1550. The summed E-state index contributed by atoms with van der Waals surface area (Å²) in [5.74, 6) is 1.04. The molecule has 6 nitrogen and oxygen atoms in total. The van der Waals surface area contributed by atoms with Crippen LogP contribution >= 0.6 is 0 Å². The van der Waals surface area contributed by atoms with E-state index < -0.39 is 0 Å². The van der Waals surface area contributed by atoms with Crippen molar-refractivity contribution in [2.45, 2.75) is 33.6 Å². The van der Waals surface area contributed by atoms with Crippen LogP contribution in [0.4, 0.5) is 5.69 Å². The maximum Gasteiger partial charge on any atom is 0.256 e. The molecule has 2 heterocycles. The second-order valence-corrected chi connectivity index (χ2v) is 9.29. The van der Waals surface area contributed by atoms with E-state index in [-0.39, 0.29) is 5.91 Å². The van der Waals surface area contributed by atoms with Gasteiger partial charge in [0.25, 0.3) is 5.91 Å². The van der Waals surface area contributed by atoms with Crippen LogP contribution in [-0.2, 0) is 0 Å². The normalized spacial score (nSPS) is 11.2. The number of benzene rings is 3. The van der Waals surface area contributed by atoms with Crippen molar-refractivity contribution in [2.24, 2.45) is 0 Å². The van der Waals surface area contributed by atoms with Crippen molar-refractivity contribution in [3.63, 3.8) is 0 Å². The van der Waals surface area contributed by atoms with Gasteiger partial charge in [0.1, 0.15) is 5.75 Å². The van der Waals surface area contributed by atoms with Crippen LogP contribution in [0.15, 0.2) is 85.1 Å². The average molecular weight is 491 g/mol. The monoisotopic (exact) mass is 490 g/mol. The van der Waals surface area contributed by atoms with Crippen LogP contribution in [0.5, 0.6) is 5.75 Å². The minimum absolute atomic E-state index is 0.196. The molecule has 5 rings (SSSR count). The summed E-state index contributed by atoms with van der Waals surface area (Å²) in [7, 11) is 0. The number of para-hydroxylation sites is 1. The van der Waals surface area contributed by atoms with Gasteiger partial charge in [0.05, 0.1) is 41.0 Å². The zero-order valence-electron chi connectivity index (χ0n) is 21.5. The van der Waals surface area contributed by atoms with Crippen LogP contribution < -0.4 is 10.1 Å². The number of hydrogen-bond acceptors (Lipinski definition) is 4. The Balaban J connectivity index is 1.51. The van der Waals surface area contributed by atoms with Crippen molar-refractivity contribution >= 4 is 22.5 Å². The fourth-order valence-electron chi connectivity index (χ4n) is 4.42. The number of fused-ring (bicyclic) bond motifs is 1. The first kappa shape index (κ1) is 24.3. The summed E-state index contributed by atoms with van der Waals surface area (Å²) in [6.07, 6.45) is 1.82. The summed E-state index contributed by atoms with van der Waals surface area (Å²) in [6, 6.07) is 25.4. The van der Waals surface area contributed by atoms with Crippen molar-refractivity contribution in [1.82, 2.24) is 14.8 Å². The largest absolute Gasteiger partial charge is 0.494 e. The highest BCUT2D eigenvalue weighted by Gasteiger charge is 2.18. The van der Waals surface area contributed by atoms with Crippen molar-refractivity contribution in [3.8, 4) is 22.7 Å². The minimum Gasteiger partial charge on any atom is -0.494 e. The third kappa shape index (κ3) is 4.96. The van der Waals surface area contributed by atoms with E-state index in [4.69, 9.17) is 9.72 Å². The summed E-state index contributed by atoms with van der Waals surface area (Å²) in [6.45, 7) is 8.92. The minimum atomic E-state index is -0.196. The molecule has 0 atom stereocenters. The van der Waals surface area contributed by atoms with E-state index in [0.717, 1.165) is 33.6 Å². The van der Waals surface area contributed by atoms with E-state index in [2.05, 4.69) is 48.5 Å². The highest BCUT2D eigenvalue weighted by Crippen LogP contribution is 2.29. The second-order valence-electron chi connectivity index (χ2n) is 9.29. The molecule has 0 bridgehead atoms. The molecule has 0 fully saturated rings. The van der Waals surface area contributed by atoms with Crippen LogP contribution in [0.3, 0.4) is 0 Å². The van der Waals surface area contributed by atoms with Crippen molar-refractivity contribution in [3.05, 3.63) is 102 Å². The lowest BCUT2D eigenvalue weighted by Crippen LogP contribution is -2.13. The molecule has 37 heavy (non-hydrogen) atoms. The van der Waals surface area contributed by atoms with Gasteiger partial charge in [0.2, 0.25) is 0 Å². The molecule has 1 amide bonds. The first-order chi connectivity index (χ1) is 17.9. The Morgan fingerprint density at radius 1 is 1.00 bits per heavy atom. The SMILES string of the molecule is CCOc1ccc(NC(=O)c2cc(-c3cnn(-c4ccc(C(C)C)cc4)c3C)nc3ccccc23)cc1. The van der Waals surface area contributed by atoms with Crippen LogP contribution in [0.1, 0.15) is 48.3 Å². The lowest BCUT2D eigenvalue weighted by atomic mass is 10.0. The fraction of sp³-hybridized carbons (Fsp3) is 0.194. The number of ether oxygens (including phenoxy) is 1. The second kappa shape index (κ2) is 10.3. The van der Waals surface area contributed by atoms with Gasteiger partial charge in [-0.15, -0.1) is 0 Å². The van der Waals surface area contributed by atoms with Gasteiger partial charge in [-0.25, -0.2) is 9.67 Å². The number of amides is 1. The molecule has 0 radical (unpaired) electrons. The number of rotatable bonds is 7. The summed E-state index contributed by atoms with van der Waals surface area (Å²) in [5.41, 5.74) is 6.83. The highest BCUT2D eigenvalue weighted by atomic mass is 16.5. The van der Waals surface area contributed by atoms with Crippen molar-refractivity contribution < 1.29 is 9.53 Å². The fourth-order valence-corrected chi connectivity index (χ4v) is 4.42. The van der Waals surface area contributed by atoms with Gasteiger partial charge in [-0.2, -0.15) is 5.10 Å². The van der Waals surface area contributed by atoms with E-state index in [9.17, 15) is 4.79 Å². The number of nitrogens with zero attached hydrogens (tertiary/aromatic N) is 3. The van der Waals surface area contributed by atoms with E-state index in [1.54, 1.807) is 0 Å². The number of carbonyl (C=O) groups excluding carboxylic acids is 1. The number of pyridine rings is 1. The van der Waals surface area contributed by atoms with Crippen LogP contribution in [-0.4, -0.2) is 27.3 Å². The quantitative estimate of drug-likeness (QED) is 0.263. The molecule has 0 aliphatic carbocycles. The van der Waals surface area contributed by atoms with Gasteiger partial charge in [-0.1, -0.05) is 44.2 Å². The predicted molar refractivity (Wildman–Crippen MR) is 149 cm³/mol. The maximum absolute atomic E-state index is 13.4. The van der Waals surface area contributed by atoms with E-state index >= 15 is 0 Å².